The van der Waals surface area contributed by atoms with E-state index in [1.807, 2.05) is 6.07 Å². The van der Waals surface area contributed by atoms with Gasteiger partial charge in [-0.05, 0) is 30.3 Å². The lowest BCUT2D eigenvalue weighted by molar-refractivity contribution is 0.262. The minimum atomic E-state index is -0.457. The number of fused-ring (bicyclic) bond motifs is 1. The van der Waals surface area contributed by atoms with Crippen LogP contribution in [0.2, 0.25) is 10.0 Å². The van der Waals surface area contributed by atoms with E-state index in [0.29, 0.717) is 31.9 Å². The quantitative estimate of drug-likeness (QED) is 0.663. The number of carbonyl (C=O) groups is 1. The minimum Gasteiger partial charge on any atom is -0.308 e. The van der Waals surface area contributed by atoms with Gasteiger partial charge in [-0.2, -0.15) is 5.26 Å². The van der Waals surface area contributed by atoms with E-state index in [1.165, 1.54) is 11.3 Å². The molecule has 0 bridgehead atoms. The van der Waals surface area contributed by atoms with Gasteiger partial charge in [0.1, 0.15) is 5.52 Å². The molecule has 0 atom stereocenters. The van der Waals surface area contributed by atoms with E-state index in [2.05, 4.69) is 15.6 Å². The summed E-state index contributed by atoms with van der Waals surface area (Å²) >= 11 is 13.3. The van der Waals surface area contributed by atoms with Gasteiger partial charge in [0.25, 0.3) is 0 Å². The summed E-state index contributed by atoms with van der Waals surface area (Å²) in [7, 11) is 0. The highest BCUT2D eigenvalue weighted by atomic mass is 35.5. The molecule has 5 nitrogen and oxygen atoms in total. The highest BCUT2D eigenvalue weighted by molar-refractivity contribution is 7.22. The van der Waals surface area contributed by atoms with Crippen LogP contribution in [0.5, 0.6) is 0 Å². The Kier molecular flexibility index (Phi) is 4.35. The molecule has 0 saturated heterocycles. The maximum absolute atomic E-state index is 12.0. The Morgan fingerprint density at radius 2 is 2.04 bits per heavy atom. The number of benzene rings is 2. The molecule has 1 heterocycles. The number of hydrogen-bond donors (Lipinski definition) is 2. The fourth-order valence-electron chi connectivity index (χ4n) is 1.94. The third-order valence-electron chi connectivity index (χ3n) is 2.88. The third-order valence-corrected chi connectivity index (χ3v) is 4.31. The molecule has 0 aliphatic carbocycles. The summed E-state index contributed by atoms with van der Waals surface area (Å²) < 4.78 is 0.782. The van der Waals surface area contributed by atoms with Crippen LogP contribution in [0.3, 0.4) is 0 Å². The highest BCUT2D eigenvalue weighted by Gasteiger charge is 2.11. The van der Waals surface area contributed by atoms with Gasteiger partial charge in [0, 0.05) is 10.7 Å². The first kappa shape index (κ1) is 15.6. The monoisotopic (exact) mass is 362 g/mol. The maximum atomic E-state index is 12.0. The Hall–Kier alpha value is -2.33. The summed E-state index contributed by atoms with van der Waals surface area (Å²) in [6.07, 6.45) is 0. The second kappa shape index (κ2) is 6.42. The fourth-order valence-corrected chi connectivity index (χ4v) is 3.52. The number of thiazole rings is 1. The molecule has 0 radical (unpaired) electrons. The van der Waals surface area contributed by atoms with E-state index < -0.39 is 6.03 Å². The second-order valence-electron chi connectivity index (χ2n) is 4.53. The summed E-state index contributed by atoms with van der Waals surface area (Å²) in [6, 6.07) is 11.5. The summed E-state index contributed by atoms with van der Waals surface area (Å²) in [6.45, 7) is 0. The molecule has 0 saturated carbocycles. The fraction of sp³-hybridized carbons (Fsp3) is 0. The Morgan fingerprint density at radius 3 is 2.83 bits per heavy atom. The lowest BCUT2D eigenvalue weighted by Gasteiger charge is -2.05. The Morgan fingerprint density at radius 1 is 1.22 bits per heavy atom. The van der Waals surface area contributed by atoms with Gasteiger partial charge in [0.05, 0.1) is 21.4 Å². The molecule has 3 aromatic rings. The molecular weight excluding hydrogens is 355 g/mol. The van der Waals surface area contributed by atoms with Gasteiger partial charge < -0.3 is 5.32 Å². The van der Waals surface area contributed by atoms with E-state index in [-0.39, 0.29) is 0 Å². The number of nitrogens with zero attached hydrogens (tertiary/aromatic N) is 2. The molecule has 0 aliphatic heterocycles. The number of amides is 2. The molecular formula is C15H8Cl2N4OS. The maximum Gasteiger partial charge on any atom is 0.325 e. The lowest BCUT2D eigenvalue weighted by atomic mass is 10.2. The summed E-state index contributed by atoms with van der Waals surface area (Å²) in [5, 5.41) is 15.5. The second-order valence-corrected chi connectivity index (χ2v) is 6.40. The van der Waals surface area contributed by atoms with Gasteiger partial charge in [-0.15, -0.1) is 0 Å². The van der Waals surface area contributed by atoms with Gasteiger partial charge in [-0.1, -0.05) is 40.6 Å². The van der Waals surface area contributed by atoms with E-state index in [0.717, 1.165) is 4.70 Å². The number of aromatic nitrogens is 1. The van der Waals surface area contributed by atoms with Crippen molar-refractivity contribution in [2.24, 2.45) is 0 Å². The van der Waals surface area contributed by atoms with Crippen molar-refractivity contribution in [2.75, 3.05) is 10.6 Å². The summed E-state index contributed by atoms with van der Waals surface area (Å²) in [5.41, 5.74) is 1.57. The topological polar surface area (TPSA) is 77.8 Å². The molecule has 2 aromatic carbocycles. The molecule has 0 aliphatic rings. The van der Waals surface area contributed by atoms with Crippen LogP contribution < -0.4 is 10.6 Å². The Balaban J connectivity index is 1.77. The number of urea groups is 1. The van der Waals surface area contributed by atoms with Crippen molar-refractivity contribution >= 4 is 61.6 Å². The number of halogens is 2. The smallest absolute Gasteiger partial charge is 0.308 e. The standard InChI is InChI=1S/C15H8Cl2N4OS/c16-9-5-11(17)13-12(6-9)23-15(20-13)21-14(22)19-10-3-1-2-8(4-10)7-18/h1-6H,(H2,19,20,21,22). The van der Waals surface area contributed by atoms with Crippen LogP contribution in [0.25, 0.3) is 10.2 Å². The van der Waals surface area contributed by atoms with Crippen LogP contribution >= 0.6 is 34.5 Å². The van der Waals surface area contributed by atoms with Crippen LogP contribution in [0.1, 0.15) is 5.56 Å². The van der Waals surface area contributed by atoms with Crippen molar-refractivity contribution in [3.63, 3.8) is 0 Å². The number of hydrogen-bond acceptors (Lipinski definition) is 4. The van der Waals surface area contributed by atoms with E-state index in [4.69, 9.17) is 28.5 Å². The molecule has 3 rings (SSSR count). The van der Waals surface area contributed by atoms with Gasteiger partial charge >= 0.3 is 6.03 Å². The predicted molar refractivity (Wildman–Crippen MR) is 93.4 cm³/mol. The van der Waals surface area contributed by atoms with Crippen LogP contribution in [-0.2, 0) is 0 Å². The average Bonchev–Trinajstić information content (AvgIpc) is 2.89. The van der Waals surface area contributed by atoms with E-state index in [9.17, 15) is 4.79 Å². The largest absolute Gasteiger partial charge is 0.325 e. The first-order valence-corrected chi connectivity index (χ1v) is 7.96. The van der Waals surface area contributed by atoms with Crippen LogP contribution in [0.15, 0.2) is 36.4 Å². The van der Waals surface area contributed by atoms with Gasteiger partial charge in [-0.3, -0.25) is 5.32 Å². The van der Waals surface area contributed by atoms with Crippen LogP contribution in [0, 0.1) is 11.3 Å². The Bertz CT molecular complexity index is 948. The number of rotatable bonds is 2. The SMILES string of the molecule is N#Cc1cccc(NC(=O)Nc2nc3c(Cl)cc(Cl)cc3s2)c1. The van der Waals surface area contributed by atoms with Crippen molar-refractivity contribution in [2.45, 2.75) is 0 Å². The molecule has 2 amide bonds. The molecule has 0 fully saturated rings. The predicted octanol–water partition coefficient (Wildman–Crippen LogP) is 5.12. The summed E-state index contributed by atoms with van der Waals surface area (Å²) in [4.78, 5) is 16.3. The average molecular weight is 363 g/mol. The lowest BCUT2D eigenvalue weighted by Crippen LogP contribution is -2.19. The first-order valence-electron chi connectivity index (χ1n) is 6.39. The normalized spacial score (nSPS) is 10.3. The molecule has 1 aromatic heterocycles. The minimum absolute atomic E-state index is 0.401. The summed E-state index contributed by atoms with van der Waals surface area (Å²) in [5.74, 6) is 0. The van der Waals surface area contributed by atoms with Gasteiger partial charge in [0.15, 0.2) is 5.13 Å². The number of nitriles is 1. The molecule has 23 heavy (non-hydrogen) atoms. The zero-order valence-corrected chi connectivity index (χ0v) is 13.8. The van der Waals surface area contributed by atoms with E-state index >= 15 is 0 Å². The van der Waals surface area contributed by atoms with Crippen molar-refractivity contribution in [3.05, 3.63) is 52.0 Å². The Labute approximate surface area is 145 Å². The zero-order valence-electron chi connectivity index (χ0n) is 11.4. The highest BCUT2D eigenvalue weighted by Crippen LogP contribution is 2.33. The van der Waals surface area contributed by atoms with Crippen LogP contribution in [0.4, 0.5) is 15.6 Å². The molecule has 8 heteroatoms. The van der Waals surface area contributed by atoms with Gasteiger partial charge in [0.2, 0.25) is 0 Å². The molecule has 2 N–H and O–H groups in total. The van der Waals surface area contributed by atoms with Crippen LogP contribution in [-0.4, -0.2) is 11.0 Å². The third kappa shape index (κ3) is 3.54. The van der Waals surface area contributed by atoms with Crippen molar-refractivity contribution in [3.8, 4) is 6.07 Å². The number of carbonyl (C=O) groups excluding carboxylic acids is 1. The van der Waals surface area contributed by atoms with Crippen molar-refractivity contribution in [1.29, 1.82) is 5.26 Å². The first-order chi connectivity index (χ1) is 11.0. The van der Waals surface area contributed by atoms with E-state index in [1.54, 1.807) is 36.4 Å². The van der Waals surface area contributed by atoms with Gasteiger partial charge in [-0.25, -0.2) is 9.78 Å². The van der Waals surface area contributed by atoms with Crippen molar-refractivity contribution in [1.82, 2.24) is 4.98 Å². The zero-order chi connectivity index (χ0) is 16.4. The molecule has 0 unspecified atom stereocenters. The van der Waals surface area contributed by atoms with Crippen molar-refractivity contribution < 1.29 is 4.79 Å². The number of nitrogens with one attached hydrogen (secondary N) is 2. The molecule has 114 valence electrons. The molecule has 0 spiro atoms. The number of anilines is 2.